The van der Waals surface area contributed by atoms with Gasteiger partial charge < -0.3 is 18.6 Å². The number of methoxy groups -OCH3 is 1. The van der Waals surface area contributed by atoms with Crippen LogP contribution < -0.4 is 4.74 Å². The minimum absolute atomic E-state index is 0.292. The number of rotatable bonds is 9. The van der Waals surface area contributed by atoms with Crippen molar-refractivity contribution in [2.75, 3.05) is 7.11 Å². The molecule has 226 valence electrons. The van der Waals surface area contributed by atoms with Gasteiger partial charge in [0.1, 0.15) is 22.7 Å². The average Bonchev–Trinajstić information content (AvgIpc) is 3.72. The summed E-state index contributed by atoms with van der Waals surface area (Å²) in [4.78, 5) is 18.0. The first-order valence-corrected chi connectivity index (χ1v) is 15.3. The van der Waals surface area contributed by atoms with E-state index in [-0.39, 0.29) is 0 Å². The molecular weight excluding hydrogens is 594 g/mol. The number of carbonyl (C=O) groups is 1. The highest BCUT2D eigenvalue weighted by atomic mass is 35.5. The highest BCUT2D eigenvalue weighted by molar-refractivity contribution is 6.35. The number of esters is 1. The first kappa shape index (κ1) is 29.1. The summed E-state index contributed by atoms with van der Waals surface area (Å²) in [6.07, 6.45) is 3.91. The summed E-state index contributed by atoms with van der Waals surface area (Å²) in [6, 6.07) is 46.2. The van der Waals surface area contributed by atoms with E-state index < -0.39 is 11.5 Å². The van der Waals surface area contributed by atoms with Crippen LogP contribution in [0.1, 0.15) is 32.9 Å². The topological polar surface area (TPSA) is 58.3 Å². The lowest BCUT2D eigenvalue weighted by molar-refractivity contribution is 0.0589. The summed E-state index contributed by atoms with van der Waals surface area (Å²) in [6.45, 7) is 0.292. The summed E-state index contributed by atoms with van der Waals surface area (Å²) in [5.41, 5.74) is 4.41. The number of para-hydroxylation sites is 1. The fourth-order valence-electron chi connectivity index (χ4n) is 6.19. The molecule has 0 aliphatic carbocycles. The van der Waals surface area contributed by atoms with Gasteiger partial charge in [-0.25, -0.2) is 9.78 Å². The predicted molar refractivity (Wildman–Crippen MR) is 181 cm³/mol. The van der Waals surface area contributed by atoms with Crippen LogP contribution in [0.2, 0.25) is 5.02 Å². The minimum atomic E-state index is -0.709. The Morgan fingerprint density at radius 1 is 0.739 bits per heavy atom. The molecular formula is C39H30ClN3O3. The van der Waals surface area contributed by atoms with E-state index in [1.807, 2.05) is 71.7 Å². The minimum Gasteiger partial charge on any atom is -0.464 e. The quantitative estimate of drug-likeness (QED) is 0.119. The number of hydrogen-bond acceptors (Lipinski definition) is 4. The smallest absolute Gasteiger partial charge is 0.354 e. The number of hydrogen-bond donors (Lipinski definition) is 0. The number of aromatic nitrogens is 3. The Balaban J connectivity index is 1.38. The Bertz CT molecular complexity index is 2010. The van der Waals surface area contributed by atoms with E-state index >= 15 is 0 Å². The highest BCUT2D eigenvalue weighted by Crippen LogP contribution is 2.41. The van der Waals surface area contributed by atoms with Gasteiger partial charge in [-0.2, -0.15) is 0 Å². The Hall–Kier alpha value is -5.59. The molecule has 0 aliphatic rings. The van der Waals surface area contributed by atoms with Crippen LogP contribution in [0.5, 0.6) is 11.5 Å². The Morgan fingerprint density at radius 2 is 1.28 bits per heavy atom. The zero-order valence-electron chi connectivity index (χ0n) is 25.1. The molecule has 0 atom stereocenters. The normalized spacial score (nSPS) is 11.4. The van der Waals surface area contributed by atoms with Crippen LogP contribution in [0.4, 0.5) is 0 Å². The number of carbonyl (C=O) groups excluding carboxylic acids is 1. The lowest BCUT2D eigenvalue weighted by atomic mass is 9.77. The third kappa shape index (κ3) is 5.23. The van der Waals surface area contributed by atoms with E-state index in [9.17, 15) is 4.79 Å². The molecule has 0 aliphatic heterocycles. The van der Waals surface area contributed by atoms with Gasteiger partial charge in [-0.1, -0.05) is 121 Å². The summed E-state index contributed by atoms with van der Waals surface area (Å²) in [5.74, 6) is 0.771. The van der Waals surface area contributed by atoms with Crippen molar-refractivity contribution in [1.29, 1.82) is 0 Å². The fourth-order valence-corrected chi connectivity index (χ4v) is 6.45. The van der Waals surface area contributed by atoms with Crippen molar-refractivity contribution in [2.24, 2.45) is 0 Å². The van der Waals surface area contributed by atoms with Gasteiger partial charge in [0.25, 0.3) is 0 Å². The van der Waals surface area contributed by atoms with Crippen LogP contribution in [0.25, 0.3) is 10.9 Å². The number of benzene rings is 5. The second kappa shape index (κ2) is 12.4. The molecule has 0 saturated carbocycles. The lowest BCUT2D eigenvalue weighted by Crippen LogP contribution is -2.36. The van der Waals surface area contributed by atoms with Crippen molar-refractivity contribution in [3.05, 3.63) is 185 Å². The van der Waals surface area contributed by atoms with Gasteiger partial charge in [-0.3, -0.25) is 0 Å². The Labute approximate surface area is 272 Å². The van der Waals surface area contributed by atoms with E-state index in [4.69, 9.17) is 26.1 Å². The molecule has 7 heteroatoms. The van der Waals surface area contributed by atoms with E-state index in [1.165, 1.54) is 7.11 Å². The van der Waals surface area contributed by atoms with Crippen LogP contribution in [0.15, 0.2) is 152 Å². The molecule has 0 amide bonds. The molecule has 0 fully saturated rings. The van der Waals surface area contributed by atoms with Crippen LogP contribution >= 0.6 is 11.6 Å². The van der Waals surface area contributed by atoms with Gasteiger partial charge in [0, 0.05) is 23.7 Å². The van der Waals surface area contributed by atoms with Gasteiger partial charge in [0.15, 0.2) is 0 Å². The number of imidazole rings is 1. The SMILES string of the molecule is COC(=O)c1cc2c(Cl)cc(Oc3ccccc3)cc2n1Cc1cn(C(c2ccccc2)(c2ccccc2)c2ccccc2)cn1. The molecule has 6 nitrogen and oxygen atoms in total. The third-order valence-corrected chi connectivity index (χ3v) is 8.55. The van der Waals surface area contributed by atoms with Crippen LogP contribution in [0.3, 0.4) is 0 Å². The number of halogens is 1. The fraction of sp³-hybridized carbons (Fsp3) is 0.0769. The number of ether oxygens (including phenoxy) is 2. The van der Waals surface area contributed by atoms with Crippen LogP contribution in [-0.2, 0) is 16.8 Å². The molecule has 2 aromatic heterocycles. The molecule has 7 rings (SSSR count). The van der Waals surface area contributed by atoms with Crippen molar-refractivity contribution >= 4 is 28.5 Å². The Kier molecular flexibility index (Phi) is 7.87. The van der Waals surface area contributed by atoms with Crippen LogP contribution in [-0.4, -0.2) is 27.2 Å². The summed E-state index contributed by atoms with van der Waals surface area (Å²) in [7, 11) is 1.37. The molecule has 7 aromatic rings. The zero-order chi connectivity index (χ0) is 31.5. The van der Waals surface area contributed by atoms with Gasteiger partial charge >= 0.3 is 5.97 Å². The van der Waals surface area contributed by atoms with Crippen LogP contribution in [0, 0.1) is 0 Å². The monoisotopic (exact) mass is 623 g/mol. The maximum absolute atomic E-state index is 13.1. The van der Waals surface area contributed by atoms with Crippen molar-refractivity contribution < 1.29 is 14.3 Å². The van der Waals surface area contributed by atoms with Gasteiger partial charge in [-0.05, 0) is 34.9 Å². The maximum Gasteiger partial charge on any atom is 0.354 e. The Morgan fingerprint density at radius 3 is 1.83 bits per heavy atom. The van der Waals surface area contributed by atoms with Gasteiger partial charge in [0.2, 0.25) is 0 Å². The predicted octanol–water partition coefficient (Wildman–Crippen LogP) is 8.96. The largest absolute Gasteiger partial charge is 0.464 e. The van der Waals surface area contributed by atoms with Crippen molar-refractivity contribution in [3.8, 4) is 11.5 Å². The molecule has 5 aromatic carbocycles. The van der Waals surface area contributed by atoms with Gasteiger partial charge in [0.05, 0.1) is 36.2 Å². The second-order valence-electron chi connectivity index (χ2n) is 10.9. The standard InChI is InChI=1S/C39H30ClN3O3/c1-45-38(44)37-24-34-35(40)22-33(46-32-20-12-5-13-21-32)23-36(34)43(37)26-31-25-42(27-41-31)39(28-14-6-2-7-15-28,29-16-8-3-9-17-29)30-18-10-4-11-19-30/h2-25,27H,26H2,1H3. The van der Waals surface area contributed by atoms with E-state index in [0.29, 0.717) is 34.1 Å². The molecule has 0 N–H and O–H groups in total. The van der Waals surface area contributed by atoms with Crippen molar-refractivity contribution in [1.82, 2.24) is 14.1 Å². The molecule has 0 saturated heterocycles. The molecule has 0 bridgehead atoms. The lowest BCUT2D eigenvalue weighted by Gasteiger charge is -2.37. The summed E-state index contributed by atoms with van der Waals surface area (Å²) >= 11 is 6.77. The van der Waals surface area contributed by atoms with E-state index in [0.717, 1.165) is 27.9 Å². The molecule has 2 heterocycles. The van der Waals surface area contributed by atoms with Gasteiger partial charge in [-0.15, -0.1) is 0 Å². The second-order valence-corrected chi connectivity index (χ2v) is 11.3. The number of nitrogens with zero attached hydrogens (tertiary/aromatic N) is 3. The maximum atomic E-state index is 13.1. The van der Waals surface area contributed by atoms with Crippen molar-refractivity contribution in [2.45, 2.75) is 12.1 Å². The molecule has 0 unspecified atom stereocenters. The first-order chi connectivity index (χ1) is 22.6. The van der Waals surface area contributed by atoms with E-state index in [1.54, 1.807) is 12.1 Å². The zero-order valence-corrected chi connectivity index (χ0v) is 25.8. The summed E-state index contributed by atoms with van der Waals surface area (Å²) < 4.78 is 15.4. The summed E-state index contributed by atoms with van der Waals surface area (Å²) in [5, 5.41) is 1.18. The third-order valence-electron chi connectivity index (χ3n) is 8.24. The van der Waals surface area contributed by atoms with Crippen molar-refractivity contribution in [3.63, 3.8) is 0 Å². The first-order valence-electron chi connectivity index (χ1n) is 14.9. The van der Waals surface area contributed by atoms with E-state index in [2.05, 4.69) is 77.4 Å². The number of fused-ring (bicyclic) bond motifs is 1. The average molecular weight is 624 g/mol. The molecule has 0 spiro atoms. The highest BCUT2D eigenvalue weighted by Gasteiger charge is 2.38. The molecule has 46 heavy (non-hydrogen) atoms. The molecule has 0 radical (unpaired) electrons.